The summed E-state index contributed by atoms with van der Waals surface area (Å²) in [5.41, 5.74) is 0.234. The molecule has 0 radical (unpaired) electrons. The number of amides is 1. The molecule has 120 valence electrons. The van der Waals surface area contributed by atoms with Gasteiger partial charge in [0.2, 0.25) is 0 Å². The molecule has 1 fully saturated rings. The fraction of sp³-hybridized carbons (Fsp3) is 0.600. The summed E-state index contributed by atoms with van der Waals surface area (Å²) in [5, 5.41) is 10.7. The van der Waals surface area contributed by atoms with Crippen LogP contribution in [0.25, 0.3) is 0 Å². The summed E-state index contributed by atoms with van der Waals surface area (Å²) in [5.74, 6) is 0.0853. The predicted molar refractivity (Wildman–Crippen MR) is 80.7 cm³/mol. The van der Waals surface area contributed by atoms with Gasteiger partial charge in [0.15, 0.2) is 0 Å². The average molecular weight is 307 g/mol. The Morgan fingerprint density at radius 1 is 1.45 bits per heavy atom. The molecule has 1 atom stereocenters. The van der Waals surface area contributed by atoms with Gasteiger partial charge >= 0.3 is 6.09 Å². The van der Waals surface area contributed by atoms with Crippen molar-refractivity contribution in [1.29, 1.82) is 0 Å². The third kappa shape index (κ3) is 4.16. The van der Waals surface area contributed by atoms with E-state index in [1.54, 1.807) is 11.0 Å². The smallest absolute Gasteiger partial charge is 0.410 e. The minimum atomic E-state index is -0.518. The Bertz CT molecular complexity index is 551. The molecule has 1 amide bonds. The number of nitrogens with zero attached hydrogens (tertiary/aromatic N) is 3. The molecule has 2 rings (SSSR count). The van der Waals surface area contributed by atoms with Gasteiger partial charge in [-0.2, -0.15) is 0 Å². The van der Waals surface area contributed by atoms with E-state index < -0.39 is 10.5 Å². The van der Waals surface area contributed by atoms with E-state index >= 15 is 0 Å². The molecule has 2 heterocycles. The maximum absolute atomic E-state index is 12.1. The summed E-state index contributed by atoms with van der Waals surface area (Å²) in [6.45, 7) is 6.71. The fourth-order valence-corrected chi connectivity index (χ4v) is 2.46. The van der Waals surface area contributed by atoms with Gasteiger partial charge in [0, 0.05) is 30.8 Å². The second-order valence-corrected chi connectivity index (χ2v) is 6.46. The van der Waals surface area contributed by atoms with Gasteiger partial charge in [-0.1, -0.05) is 0 Å². The number of rotatable bonds is 2. The zero-order valence-corrected chi connectivity index (χ0v) is 13.1. The van der Waals surface area contributed by atoms with Crippen LogP contribution >= 0.6 is 0 Å². The summed E-state index contributed by atoms with van der Waals surface area (Å²) >= 11 is 0. The molecule has 0 aromatic carbocycles. The minimum absolute atomic E-state index is 0.0245. The van der Waals surface area contributed by atoms with Crippen LogP contribution in [0, 0.1) is 10.1 Å². The summed E-state index contributed by atoms with van der Waals surface area (Å²) in [7, 11) is 0. The van der Waals surface area contributed by atoms with Crippen LogP contribution in [-0.4, -0.2) is 39.6 Å². The number of hydrogen-bond donors (Lipinski definition) is 0. The van der Waals surface area contributed by atoms with E-state index in [9.17, 15) is 14.9 Å². The first-order chi connectivity index (χ1) is 10.3. The van der Waals surface area contributed by atoms with Crippen molar-refractivity contribution < 1.29 is 14.5 Å². The molecule has 1 aliphatic heterocycles. The average Bonchev–Trinajstić information content (AvgIpc) is 2.46. The molecule has 1 aromatic rings. The van der Waals surface area contributed by atoms with Crippen LogP contribution in [0.4, 0.5) is 10.5 Å². The quantitative estimate of drug-likeness (QED) is 0.619. The minimum Gasteiger partial charge on any atom is -0.444 e. The number of piperidine rings is 1. The number of carbonyl (C=O) groups excluding carboxylic acids is 1. The van der Waals surface area contributed by atoms with Crippen molar-refractivity contribution >= 4 is 11.8 Å². The molecule has 1 saturated heterocycles. The highest BCUT2D eigenvalue weighted by molar-refractivity contribution is 5.68. The molecule has 22 heavy (non-hydrogen) atoms. The van der Waals surface area contributed by atoms with E-state index in [4.69, 9.17) is 4.74 Å². The Labute approximate surface area is 129 Å². The zero-order chi connectivity index (χ0) is 16.3. The molecule has 0 N–H and O–H groups in total. The van der Waals surface area contributed by atoms with Gasteiger partial charge in [-0.25, -0.2) is 4.79 Å². The molecule has 0 bridgehead atoms. The van der Waals surface area contributed by atoms with Crippen LogP contribution < -0.4 is 0 Å². The van der Waals surface area contributed by atoms with Gasteiger partial charge in [0.1, 0.15) is 11.8 Å². The molecule has 7 nitrogen and oxygen atoms in total. The third-order valence-electron chi connectivity index (χ3n) is 3.47. The molecule has 1 aliphatic rings. The maximum Gasteiger partial charge on any atom is 0.410 e. The lowest BCUT2D eigenvalue weighted by molar-refractivity contribution is -0.385. The van der Waals surface area contributed by atoms with E-state index in [0.29, 0.717) is 13.1 Å². The number of hydrogen-bond acceptors (Lipinski definition) is 5. The molecule has 0 spiro atoms. The van der Waals surface area contributed by atoms with Crippen molar-refractivity contribution in [3.8, 4) is 0 Å². The standard InChI is InChI=1S/C15H21N3O4/c1-15(2,3)22-14(19)17-8-4-5-11(10-17)13-7-6-12(9-16-13)18(20)21/h6-7,9,11H,4-5,8,10H2,1-3H3/t11-/m0/s1. The van der Waals surface area contributed by atoms with Crippen LogP contribution in [0.15, 0.2) is 18.3 Å². The predicted octanol–water partition coefficient (Wildman–Crippen LogP) is 3.10. The lowest BCUT2D eigenvalue weighted by Gasteiger charge is -2.33. The Balaban J connectivity index is 2.04. The summed E-state index contributed by atoms with van der Waals surface area (Å²) in [6, 6.07) is 3.12. The summed E-state index contributed by atoms with van der Waals surface area (Å²) in [4.78, 5) is 28.2. The monoisotopic (exact) mass is 307 g/mol. The Kier molecular flexibility index (Phi) is 4.63. The van der Waals surface area contributed by atoms with Crippen LogP contribution in [0.2, 0.25) is 0 Å². The Morgan fingerprint density at radius 3 is 2.73 bits per heavy atom. The van der Waals surface area contributed by atoms with Crippen molar-refractivity contribution in [3.05, 3.63) is 34.1 Å². The van der Waals surface area contributed by atoms with E-state index in [1.807, 2.05) is 20.8 Å². The van der Waals surface area contributed by atoms with Crippen molar-refractivity contribution in [2.24, 2.45) is 0 Å². The number of pyridine rings is 1. The zero-order valence-electron chi connectivity index (χ0n) is 13.1. The van der Waals surface area contributed by atoms with Crippen LogP contribution in [0.1, 0.15) is 45.2 Å². The molecule has 0 saturated carbocycles. The largest absolute Gasteiger partial charge is 0.444 e. The third-order valence-corrected chi connectivity index (χ3v) is 3.47. The Hall–Kier alpha value is -2.18. The molecule has 1 aromatic heterocycles. The molecule has 0 unspecified atom stereocenters. The van der Waals surface area contributed by atoms with Gasteiger partial charge < -0.3 is 9.64 Å². The van der Waals surface area contributed by atoms with Gasteiger partial charge in [0.25, 0.3) is 5.69 Å². The van der Waals surface area contributed by atoms with Gasteiger partial charge in [-0.3, -0.25) is 15.1 Å². The fourth-order valence-electron chi connectivity index (χ4n) is 2.46. The number of nitro groups is 1. The van der Waals surface area contributed by atoms with Crippen LogP contribution in [0.5, 0.6) is 0 Å². The first-order valence-electron chi connectivity index (χ1n) is 7.34. The van der Waals surface area contributed by atoms with E-state index in [-0.39, 0.29) is 17.7 Å². The molecular formula is C15H21N3O4. The second-order valence-electron chi connectivity index (χ2n) is 6.46. The van der Waals surface area contributed by atoms with Crippen molar-refractivity contribution in [3.63, 3.8) is 0 Å². The SMILES string of the molecule is CC(C)(C)OC(=O)N1CCC[C@H](c2ccc([N+](=O)[O-])cn2)C1. The van der Waals surface area contributed by atoms with Crippen molar-refractivity contribution in [2.45, 2.75) is 45.1 Å². The topological polar surface area (TPSA) is 85.6 Å². The van der Waals surface area contributed by atoms with Gasteiger partial charge in [0.05, 0.1) is 4.92 Å². The number of carbonyl (C=O) groups is 1. The Morgan fingerprint density at radius 2 is 2.18 bits per heavy atom. The molecule has 0 aliphatic carbocycles. The highest BCUT2D eigenvalue weighted by atomic mass is 16.6. The number of aromatic nitrogens is 1. The lowest BCUT2D eigenvalue weighted by Crippen LogP contribution is -2.42. The van der Waals surface area contributed by atoms with Gasteiger partial charge in [-0.05, 0) is 39.7 Å². The normalized spacial score (nSPS) is 18.9. The van der Waals surface area contributed by atoms with E-state index in [1.165, 1.54) is 12.3 Å². The number of likely N-dealkylation sites (tertiary alicyclic amines) is 1. The van der Waals surface area contributed by atoms with E-state index in [0.717, 1.165) is 18.5 Å². The van der Waals surface area contributed by atoms with Crippen molar-refractivity contribution in [1.82, 2.24) is 9.88 Å². The lowest BCUT2D eigenvalue weighted by atomic mass is 9.94. The molecular weight excluding hydrogens is 286 g/mol. The second kappa shape index (κ2) is 6.29. The summed E-state index contributed by atoms with van der Waals surface area (Å²) in [6.07, 6.45) is 2.72. The molecule has 7 heteroatoms. The van der Waals surface area contributed by atoms with E-state index in [2.05, 4.69) is 4.98 Å². The first kappa shape index (κ1) is 16.2. The highest BCUT2D eigenvalue weighted by Gasteiger charge is 2.29. The maximum atomic E-state index is 12.1. The van der Waals surface area contributed by atoms with Crippen LogP contribution in [-0.2, 0) is 4.74 Å². The highest BCUT2D eigenvalue weighted by Crippen LogP contribution is 2.27. The van der Waals surface area contributed by atoms with Crippen molar-refractivity contribution in [2.75, 3.05) is 13.1 Å². The van der Waals surface area contributed by atoms with Crippen LogP contribution in [0.3, 0.4) is 0 Å². The first-order valence-corrected chi connectivity index (χ1v) is 7.34. The summed E-state index contributed by atoms with van der Waals surface area (Å²) < 4.78 is 5.39. The van der Waals surface area contributed by atoms with Gasteiger partial charge in [-0.15, -0.1) is 0 Å². The number of ether oxygens (including phenoxy) is 1.